The lowest BCUT2D eigenvalue weighted by molar-refractivity contribution is -0.250. The minimum Gasteiger partial charge on any atom is -0.373 e. The highest BCUT2D eigenvalue weighted by molar-refractivity contribution is 5.85. The minimum atomic E-state index is -5.04. The lowest BCUT2D eigenvalue weighted by atomic mass is 9.94. The molecule has 1 aliphatic rings. The Morgan fingerprint density at radius 1 is 1.19 bits per heavy atom. The fourth-order valence-corrected chi connectivity index (χ4v) is 3.09. The first-order chi connectivity index (χ1) is 12.6. The molecule has 146 valence electrons. The zero-order valence-electron chi connectivity index (χ0n) is 14.4. The molecule has 1 aliphatic heterocycles. The van der Waals surface area contributed by atoms with Gasteiger partial charge in [0, 0.05) is 24.7 Å². The fraction of sp³-hybridized carbons (Fsp3) is 0.471. The van der Waals surface area contributed by atoms with Gasteiger partial charge in [-0.15, -0.1) is 10.2 Å². The van der Waals surface area contributed by atoms with Crippen molar-refractivity contribution < 1.29 is 27.5 Å². The van der Waals surface area contributed by atoms with Crippen LogP contribution >= 0.6 is 0 Å². The smallest absolute Gasteiger partial charge is 0.373 e. The summed E-state index contributed by atoms with van der Waals surface area (Å²) in [4.78, 5) is 13.1. The number of likely N-dealkylation sites (tertiary alicyclic amines) is 1. The molecule has 27 heavy (non-hydrogen) atoms. The largest absolute Gasteiger partial charge is 0.426 e. The molecule has 0 aliphatic carbocycles. The van der Waals surface area contributed by atoms with E-state index in [0.717, 1.165) is 4.90 Å². The van der Waals surface area contributed by atoms with Gasteiger partial charge in [0.1, 0.15) is 18.0 Å². The Morgan fingerprint density at radius 2 is 1.78 bits per heavy atom. The van der Waals surface area contributed by atoms with Crippen LogP contribution in [0.3, 0.4) is 0 Å². The summed E-state index contributed by atoms with van der Waals surface area (Å²) in [6.45, 7) is 0.588. The molecular formula is C17H18F4N4O2. The number of carbonyl (C=O) groups is 1. The van der Waals surface area contributed by atoms with E-state index < -0.39 is 17.7 Å². The van der Waals surface area contributed by atoms with Crippen molar-refractivity contribution in [1.82, 2.24) is 19.7 Å². The molecular weight excluding hydrogens is 368 g/mol. The number of rotatable bonds is 3. The molecule has 1 aromatic heterocycles. The van der Waals surface area contributed by atoms with E-state index in [1.807, 2.05) is 0 Å². The SMILES string of the molecule is C[C@@](O)(C(=O)N1CCC(c2nncn2-c2ccc(F)cc2)CC1)C(F)(F)F. The molecule has 1 amide bonds. The van der Waals surface area contributed by atoms with E-state index >= 15 is 0 Å². The molecule has 1 fully saturated rings. The fourth-order valence-electron chi connectivity index (χ4n) is 3.09. The number of piperidine rings is 1. The number of aliphatic hydroxyl groups is 1. The Labute approximate surface area is 152 Å². The van der Waals surface area contributed by atoms with Crippen molar-refractivity contribution in [3.05, 3.63) is 42.2 Å². The Balaban J connectivity index is 1.71. The van der Waals surface area contributed by atoms with Gasteiger partial charge in [0.2, 0.25) is 5.60 Å². The summed E-state index contributed by atoms with van der Waals surface area (Å²) in [6, 6.07) is 5.75. The Morgan fingerprint density at radius 3 is 2.33 bits per heavy atom. The summed E-state index contributed by atoms with van der Waals surface area (Å²) >= 11 is 0. The molecule has 2 aromatic rings. The van der Waals surface area contributed by atoms with E-state index in [1.165, 1.54) is 18.5 Å². The van der Waals surface area contributed by atoms with Crippen LogP contribution in [0.1, 0.15) is 31.5 Å². The topological polar surface area (TPSA) is 71.2 Å². The maximum Gasteiger partial charge on any atom is 0.426 e. The van der Waals surface area contributed by atoms with E-state index in [2.05, 4.69) is 10.2 Å². The van der Waals surface area contributed by atoms with Gasteiger partial charge in [0.05, 0.1) is 0 Å². The number of benzene rings is 1. The maximum absolute atomic E-state index is 13.1. The number of aromatic nitrogens is 3. The van der Waals surface area contributed by atoms with Crippen molar-refractivity contribution in [2.45, 2.75) is 37.5 Å². The van der Waals surface area contributed by atoms with Gasteiger partial charge in [-0.05, 0) is 44.0 Å². The normalized spacial score (nSPS) is 18.4. The van der Waals surface area contributed by atoms with Gasteiger partial charge < -0.3 is 10.0 Å². The predicted octanol–water partition coefficient (Wildman–Crippen LogP) is 2.43. The summed E-state index contributed by atoms with van der Waals surface area (Å²) in [5.74, 6) is -1.26. The van der Waals surface area contributed by atoms with Crippen LogP contribution < -0.4 is 0 Å². The molecule has 0 bridgehead atoms. The molecule has 3 rings (SSSR count). The summed E-state index contributed by atoms with van der Waals surface area (Å²) in [5.41, 5.74) is -2.75. The first-order valence-corrected chi connectivity index (χ1v) is 8.35. The average molecular weight is 386 g/mol. The van der Waals surface area contributed by atoms with Crippen molar-refractivity contribution >= 4 is 5.91 Å². The summed E-state index contributed by atoms with van der Waals surface area (Å²) < 4.78 is 53.4. The summed E-state index contributed by atoms with van der Waals surface area (Å²) in [5, 5.41) is 17.5. The second-order valence-corrected chi connectivity index (χ2v) is 6.67. The van der Waals surface area contributed by atoms with Crippen molar-refractivity contribution in [2.24, 2.45) is 0 Å². The first kappa shape index (κ1) is 19.3. The molecule has 0 radical (unpaired) electrons. The predicted molar refractivity (Wildman–Crippen MR) is 86.6 cm³/mol. The highest BCUT2D eigenvalue weighted by atomic mass is 19.4. The molecule has 0 spiro atoms. The second kappa shape index (κ2) is 6.91. The van der Waals surface area contributed by atoms with Crippen molar-refractivity contribution in [3.8, 4) is 5.69 Å². The summed E-state index contributed by atoms with van der Waals surface area (Å²) in [7, 11) is 0. The molecule has 1 saturated heterocycles. The number of halogens is 4. The van der Waals surface area contributed by atoms with Gasteiger partial charge in [-0.3, -0.25) is 9.36 Å². The molecule has 1 atom stereocenters. The van der Waals surface area contributed by atoms with Crippen LogP contribution in [0.15, 0.2) is 30.6 Å². The van der Waals surface area contributed by atoms with E-state index in [1.54, 1.807) is 16.7 Å². The molecule has 2 heterocycles. The highest BCUT2D eigenvalue weighted by Gasteiger charge is 2.57. The van der Waals surface area contributed by atoms with Gasteiger partial charge in [-0.2, -0.15) is 13.2 Å². The third-order valence-electron chi connectivity index (χ3n) is 4.79. The van der Waals surface area contributed by atoms with Crippen molar-refractivity contribution in [1.29, 1.82) is 0 Å². The van der Waals surface area contributed by atoms with E-state index in [0.29, 0.717) is 31.3 Å². The minimum absolute atomic E-state index is 0.0615. The zero-order chi connectivity index (χ0) is 19.8. The molecule has 10 heteroatoms. The molecule has 1 N–H and O–H groups in total. The van der Waals surface area contributed by atoms with Gasteiger partial charge in [0.25, 0.3) is 5.91 Å². The van der Waals surface area contributed by atoms with Crippen molar-refractivity contribution in [2.75, 3.05) is 13.1 Å². The van der Waals surface area contributed by atoms with Gasteiger partial charge in [-0.1, -0.05) is 0 Å². The van der Waals surface area contributed by atoms with Gasteiger partial charge >= 0.3 is 6.18 Å². The lowest BCUT2D eigenvalue weighted by Gasteiger charge is -2.36. The molecule has 0 unspecified atom stereocenters. The highest BCUT2D eigenvalue weighted by Crippen LogP contribution is 2.34. The van der Waals surface area contributed by atoms with Gasteiger partial charge in [0.15, 0.2) is 0 Å². The van der Waals surface area contributed by atoms with Crippen LogP contribution in [0.4, 0.5) is 17.6 Å². The number of hydrogen-bond acceptors (Lipinski definition) is 4. The number of carbonyl (C=O) groups excluding carboxylic acids is 1. The second-order valence-electron chi connectivity index (χ2n) is 6.67. The first-order valence-electron chi connectivity index (χ1n) is 8.35. The monoisotopic (exact) mass is 386 g/mol. The van der Waals surface area contributed by atoms with E-state index in [-0.39, 0.29) is 24.8 Å². The van der Waals surface area contributed by atoms with E-state index in [9.17, 15) is 27.5 Å². The molecule has 0 saturated carbocycles. The van der Waals surface area contributed by atoms with Crippen LogP contribution in [-0.2, 0) is 4.79 Å². The Bertz CT molecular complexity index is 809. The Hall–Kier alpha value is -2.49. The van der Waals surface area contributed by atoms with Crippen LogP contribution in [0, 0.1) is 5.82 Å². The molecule has 6 nitrogen and oxygen atoms in total. The lowest BCUT2D eigenvalue weighted by Crippen LogP contribution is -2.57. The third-order valence-corrected chi connectivity index (χ3v) is 4.79. The quantitative estimate of drug-likeness (QED) is 0.823. The van der Waals surface area contributed by atoms with Crippen molar-refractivity contribution in [3.63, 3.8) is 0 Å². The van der Waals surface area contributed by atoms with Gasteiger partial charge in [-0.25, -0.2) is 4.39 Å². The summed E-state index contributed by atoms with van der Waals surface area (Å²) in [6.07, 6.45) is -2.81. The number of nitrogens with zero attached hydrogens (tertiary/aromatic N) is 4. The van der Waals surface area contributed by atoms with Crippen LogP contribution in [0.5, 0.6) is 0 Å². The number of alkyl halides is 3. The van der Waals surface area contributed by atoms with Crippen LogP contribution in [-0.4, -0.2) is 55.5 Å². The number of hydrogen-bond donors (Lipinski definition) is 1. The zero-order valence-corrected chi connectivity index (χ0v) is 14.4. The van der Waals surface area contributed by atoms with E-state index in [4.69, 9.17) is 0 Å². The standard InChI is InChI=1S/C17H18F4N4O2/c1-16(27,17(19,20)21)15(26)24-8-6-11(7-9-24)14-23-22-10-25(14)13-4-2-12(18)3-5-13/h2-5,10-11,27H,6-9H2,1H3/t16-/m1/s1. The van der Waals surface area contributed by atoms with Crippen LogP contribution in [0.25, 0.3) is 5.69 Å². The number of amides is 1. The van der Waals surface area contributed by atoms with Crippen LogP contribution in [0.2, 0.25) is 0 Å². The third kappa shape index (κ3) is 3.66. The maximum atomic E-state index is 13.1. The molecule has 1 aromatic carbocycles. The average Bonchev–Trinajstić information content (AvgIpc) is 3.10. The Kier molecular flexibility index (Phi) is 4.94.